The van der Waals surface area contributed by atoms with Gasteiger partial charge in [0, 0.05) is 24.4 Å². The maximum Gasteiger partial charge on any atom is 0.534 e. The Labute approximate surface area is 160 Å². The van der Waals surface area contributed by atoms with Crippen molar-refractivity contribution in [3.05, 3.63) is 57.3 Å². The van der Waals surface area contributed by atoms with Gasteiger partial charge in [-0.15, -0.1) is 10.3 Å². The molecule has 0 fully saturated rings. The van der Waals surface area contributed by atoms with E-state index >= 15 is 0 Å². The van der Waals surface area contributed by atoms with Crippen molar-refractivity contribution in [1.29, 1.82) is 0 Å². The highest BCUT2D eigenvalue weighted by Gasteiger charge is 2.24. The molecule has 1 aromatic heterocycles. The van der Waals surface area contributed by atoms with Crippen molar-refractivity contribution in [2.24, 2.45) is 5.10 Å². The van der Waals surface area contributed by atoms with Crippen LogP contribution in [0.3, 0.4) is 0 Å². The first-order valence-corrected chi connectivity index (χ1v) is 8.33. The normalized spacial score (nSPS) is 12.9. The fourth-order valence-corrected chi connectivity index (χ4v) is 3.06. The van der Waals surface area contributed by atoms with E-state index < -0.39 is 6.16 Å². The number of carbonyl (C=O) groups excluding carboxylic acids is 1. The van der Waals surface area contributed by atoms with Crippen LogP contribution in [-0.2, 0) is 22.5 Å². The molecule has 1 aliphatic heterocycles. The first-order chi connectivity index (χ1) is 12.5. The molecule has 0 bridgehead atoms. The minimum absolute atomic E-state index is 0.253. The minimum Gasteiger partial charge on any atom is -0.497 e. The molecule has 0 unspecified atom stereocenters. The molecule has 1 aliphatic rings. The highest BCUT2D eigenvalue weighted by Crippen LogP contribution is 2.29. The van der Waals surface area contributed by atoms with Gasteiger partial charge in [0.1, 0.15) is 12.3 Å². The monoisotopic (exact) mass is 395 g/mol. The van der Waals surface area contributed by atoms with Gasteiger partial charge in [-0.1, -0.05) is 23.2 Å². The van der Waals surface area contributed by atoms with E-state index in [1.54, 1.807) is 7.11 Å². The summed E-state index contributed by atoms with van der Waals surface area (Å²) in [5, 5.41) is 6.41. The largest absolute Gasteiger partial charge is 0.534 e. The van der Waals surface area contributed by atoms with E-state index in [0.717, 1.165) is 16.3 Å². The summed E-state index contributed by atoms with van der Waals surface area (Å²) in [7, 11) is 2.81. The molecule has 1 aromatic carbocycles. The van der Waals surface area contributed by atoms with Gasteiger partial charge in [-0.3, -0.25) is 9.82 Å². The van der Waals surface area contributed by atoms with Crippen LogP contribution in [0.5, 0.6) is 5.75 Å². The Morgan fingerprint density at radius 3 is 2.62 bits per heavy atom. The number of hydrazone groups is 1. The lowest BCUT2D eigenvalue weighted by atomic mass is 9.96. The molecular formula is C17H15Cl2N3O4. The summed E-state index contributed by atoms with van der Waals surface area (Å²) in [5.41, 5.74) is 3.08. The van der Waals surface area contributed by atoms with Crippen LogP contribution in [0.4, 0.5) is 4.79 Å². The minimum atomic E-state index is -0.862. The SMILES string of the molecule is COC(=O)ON1Cc2cc(OC)ccc2C(Cc2c(Cl)cncc2Cl)=N1. The molecular weight excluding hydrogens is 381 g/mol. The quantitative estimate of drug-likeness (QED) is 0.731. The number of hydrogen-bond donors (Lipinski definition) is 0. The first-order valence-electron chi connectivity index (χ1n) is 7.58. The van der Waals surface area contributed by atoms with Gasteiger partial charge in [0.2, 0.25) is 0 Å². The van der Waals surface area contributed by atoms with Crippen molar-refractivity contribution in [3.63, 3.8) is 0 Å². The number of ether oxygens (including phenoxy) is 2. The van der Waals surface area contributed by atoms with Crippen LogP contribution in [0, 0.1) is 0 Å². The number of halogens is 2. The number of rotatable bonds is 4. The topological polar surface area (TPSA) is 73.2 Å². The van der Waals surface area contributed by atoms with Crippen LogP contribution in [0.2, 0.25) is 10.0 Å². The zero-order valence-corrected chi connectivity index (χ0v) is 15.5. The fraction of sp³-hybridized carbons (Fsp3) is 0.235. The molecule has 0 saturated heterocycles. The number of fused-ring (bicyclic) bond motifs is 1. The molecule has 26 heavy (non-hydrogen) atoms. The molecule has 9 heteroatoms. The second kappa shape index (κ2) is 7.80. The van der Waals surface area contributed by atoms with Crippen LogP contribution < -0.4 is 4.74 Å². The van der Waals surface area contributed by atoms with Gasteiger partial charge in [-0.05, 0) is 29.3 Å². The number of aromatic nitrogens is 1. The Morgan fingerprint density at radius 1 is 1.23 bits per heavy atom. The van der Waals surface area contributed by atoms with E-state index in [2.05, 4.69) is 14.8 Å². The zero-order valence-electron chi connectivity index (χ0n) is 14.0. The Balaban J connectivity index is 2.00. The molecule has 2 aromatic rings. The maximum atomic E-state index is 11.5. The Kier molecular flexibility index (Phi) is 5.49. The van der Waals surface area contributed by atoms with Crippen LogP contribution in [0.15, 0.2) is 35.7 Å². The summed E-state index contributed by atoms with van der Waals surface area (Å²) >= 11 is 12.5. The molecule has 136 valence electrons. The van der Waals surface area contributed by atoms with Crippen molar-refractivity contribution in [2.45, 2.75) is 13.0 Å². The summed E-state index contributed by atoms with van der Waals surface area (Å²) in [6.45, 7) is 0.253. The average molecular weight is 396 g/mol. The molecule has 0 atom stereocenters. The number of pyridine rings is 1. The van der Waals surface area contributed by atoms with Gasteiger partial charge in [-0.2, -0.15) is 0 Å². The lowest BCUT2D eigenvalue weighted by molar-refractivity contribution is -0.131. The zero-order chi connectivity index (χ0) is 18.7. The number of carbonyl (C=O) groups is 1. The summed E-state index contributed by atoms with van der Waals surface area (Å²) in [6, 6.07) is 5.58. The van der Waals surface area contributed by atoms with Crippen molar-refractivity contribution in [2.75, 3.05) is 14.2 Å². The van der Waals surface area contributed by atoms with E-state index in [9.17, 15) is 4.79 Å². The maximum absolute atomic E-state index is 11.5. The van der Waals surface area contributed by atoms with Crippen LogP contribution in [0.25, 0.3) is 0 Å². The van der Waals surface area contributed by atoms with Gasteiger partial charge >= 0.3 is 6.16 Å². The van der Waals surface area contributed by atoms with Crippen LogP contribution in [0.1, 0.15) is 16.7 Å². The molecule has 0 aliphatic carbocycles. The Hall–Kier alpha value is -2.51. The number of benzene rings is 1. The lowest BCUT2D eigenvalue weighted by Crippen LogP contribution is -2.29. The van der Waals surface area contributed by atoms with E-state index in [-0.39, 0.29) is 6.54 Å². The molecule has 2 heterocycles. The van der Waals surface area contributed by atoms with Crippen LogP contribution in [-0.4, -0.2) is 36.2 Å². The van der Waals surface area contributed by atoms with Gasteiger partial charge in [0.15, 0.2) is 0 Å². The summed E-state index contributed by atoms with van der Waals surface area (Å²) in [5.74, 6) is 0.683. The van der Waals surface area contributed by atoms with Gasteiger partial charge in [0.25, 0.3) is 0 Å². The van der Waals surface area contributed by atoms with Gasteiger partial charge in [0.05, 0.1) is 30.0 Å². The second-order valence-corrected chi connectivity index (χ2v) is 6.20. The van der Waals surface area contributed by atoms with E-state index in [1.165, 1.54) is 19.5 Å². The highest BCUT2D eigenvalue weighted by molar-refractivity contribution is 6.36. The van der Waals surface area contributed by atoms with Crippen molar-refractivity contribution in [3.8, 4) is 5.75 Å². The standard InChI is InChI=1S/C17H15Cl2N3O4/c1-24-11-3-4-12-10(5-11)9-22(26-17(23)25-2)21-16(12)6-13-14(18)7-20-8-15(13)19/h3-5,7-8H,6,9H2,1-2H3. The lowest BCUT2D eigenvalue weighted by Gasteiger charge is -2.26. The van der Waals surface area contributed by atoms with Crippen molar-refractivity contribution < 1.29 is 19.1 Å². The van der Waals surface area contributed by atoms with Crippen LogP contribution >= 0.6 is 23.2 Å². The average Bonchev–Trinajstić information content (AvgIpc) is 2.64. The summed E-state index contributed by atoms with van der Waals surface area (Å²) in [6.07, 6.45) is 2.51. The van der Waals surface area contributed by atoms with Gasteiger partial charge < -0.3 is 9.47 Å². The van der Waals surface area contributed by atoms with Crippen molar-refractivity contribution in [1.82, 2.24) is 10.2 Å². The first kappa shape index (κ1) is 18.3. The fourth-order valence-electron chi connectivity index (χ4n) is 2.56. The Morgan fingerprint density at radius 2 is 1.96 bits per heavy atom. The molecule has 0 radical (unpaired) electrons. The third-order valence-corrected chi connectivity index (χ3v) is 4.46. The third-order valence-electron chi connectivity index (χ3n) is 3.80. The molecule has 0 amide bonds. The molecule has 0 N–H and O–H groups in total. The molecule has 7 nitrogen and oxygen atoms in total. The predicted octanol–water partition coefficient (Wildman–Crippen LogP) is 3.86. The number of methoxy groups -OCH3 is 2. The third kappa shape index (κ3) is 3.84. The number of hydrogen-bond acceptors (Lipinski definition) is 7. The number of hydroxylamine groups is 1. The predicted molar refractivity (Wildman–Crippen MR) is 96.5 cm³/mol. The van der Waals surface area contributed by atoms with Gasteiger partial charge in [-0.25, -0.2) is 4.79 Å². The summed E-state index contributed by atoms with van der Waals surface area (Å²) in [4.78, 5) is 20.5. The molecule has 3 rings (SSSR count). The van der Waals surface area contributed by atoms with Crippen molar-refractivity contribution >= 4 is 35.1 Å². The second-order valence-electron chi connectivity index (χ2n) is 5.38. The number of nitrogens with zero attached hydrogens (tertiary/aromatic N) is 3. The summed E-state index contributed by atoms with van der Waals surface area (Å²) < 4.78 is 9.80. The highest BCUT2D eigenvalue weighted by atomic mass is 35.5. The van der Waals surface area contributed by atoms with E-state index in [1.807, 2.05) is 18.2 Å². The molecule has 0 spiro atoms. The molecule has 0 saturated carbocycles. The van der Waals surface area contributed by atoms with E-state index in [0.29, 0.717) is 33.5 Å². The smallest absolute Gasteiger partial charge is 0.497 e. The van der Waals surface area contributed by atoms with E-state index in [4.69, 9.17) is 32.8 Å². The Bertz CT molecular complexity index is 853.